The average molecular weight is 253 g/mol. The van der Waals surface area contributed by atoms with Crippen molar-refractivity contribution in [3.05, 3.63) is 18.0 Å². The van der Waals surface area contributed by atoms with Crippen LogP contribution in [0.1, 0.15) is 25.5 Å². The lowest BCUT2D eigenvalue weighted by Crippen LogP contribution is -2.17. The molecule has 0 saturated carbocycles. The summed E-state index contributed by atoms with van der Waals surface area (Å²) in [6.07, 6.45) is 3.39. The Morgan fingerprint density at radius 3 is 2.67 bits per heavy atom. The van der Waals surface area contributed by atoms with E-state index in [1.165, 1.54) is 7.11 Å². The van der Waals surface area contributed by atoms with Gasteiger partial charge in [0.2, 0.25) is 0 Å². The molecule has 0 spiro atoms. The first kappa shape index (κ1) is 14.3. The molecule has 5 nitrogen and oxygen atoms in total. The van der Waals surface area contributed by atoms with Gasteiger partial charge in [0.1, 0.15) is 0 Å². The van der Waals surface area contributed by atoms with Gasteiger partial charge in [-0.3, -0.25) is 9.78 Å². The van der Waals surface area contributed by atoms with E-state index in [1.807, 2.05) is 6.92 Å². The Bertz CT molecular complexity index is 406. The number of aliphatic carboxylic acids is 1. The van der Waals surface area contributed by atoms with Crippen LogP contribution in [0.15, 0.2) is 12.3 Å². The highest BCUT2D eigenvalue weighted by Crippen LogP contribution is 2.31. The molecule has 1 N–H and O–H groups in total. The zero-order valence-electron chi connectivity index (χ0n) is 11.0. The van der Waals surface area contributed by atoms with Crippen LogP contribution in [0.2, 0.25) is 0 Å². The van der Waals surface area contributed by atoms with Crippen molar-refractivity contribution < 1.29 is 19.4 Å². The molecule has 0 aromatic carbocycles. The Balaban J connectivity index is 2.98. The highest BCUT2D eigenvalue weighted by Gasteiger charge is 2.21. The van der Waals surface area contributed by atoms with E-state index >= 15 is 0 Å². The van der Waals surface area contributed by atoms with Crippen LogP contribution in [0.4, 0.5) is 0 Å². The fraction of sp³-hybridized carbons (Fsp3) is 0.538. The van der Waals surface area contributed by atoms with Crippen molar-refractivity contribution >= 4 is 5.97 Å². The van der Waals surface area contributed by atoms with Gasteiger partial charge in [-0.05, 0) is 6.42 Å². The topological polar surface area (TPSA) is 68.7 Å². The molecule has 0 aliphatic rings. The summed E-state index contributed by atoms with van der Waals surface area (Å²) in [7, 11) is 3.07. The lowest BCUT2D eigenvalue weighted by molar-refractivity contribution is -0.142. The number of carboxylic acids is 1. The largest absolute Gasteiger partial charge is 0.493 e. The van der Waals surface area contributed by atoms with Crippen LogP contribution >= 0.6 is 0 Å². The van der Waals surface area contributed by atoms with Gasteiger partial charge >= 0.3 is 5.97 Å². The Kier molecular flexibility index (Phi) is 5.42. The summed E-state index contributed by atoms with van der Waals surface area (Å²) in [5, 5.41) is 9.16. The summed E-state index contributed by atoms with van der Waals surface area (Å²) in [6.45, 7) is 1.96. The summed E-state index contributed by atoms with van der Waals surface area (Å²) in [6, 6.07) is 1.69. The van der Waals surface area contributed by atoms with Gasteiger partial charge in [-0.1, -0.05) is 13.3 Å². The van der Waals surface area contributed by atoms with Crippen LogP contribution in [0.5, 0.6) is 11.5 Å². The van der Waals surface area contributed by atoms with Gasteiger partial charge in [0.05, 0.1) is 25.8 Å². The SMILES string of the molecule is CCCC(Cc1nccc(OC)c1OC)C(=O)O. The third-order valence-electron chi connectivity index (χ3n) is 2.79. The molecule has 0 fully saturated rings. The first-order chi connectivity index (χ1) is 8.63. The zero-order valence-corrected chi connectivity index (χ0v) is 11.0. The highest BCUT2D eigenvalue weighted by molar-refractivity contribution is 5.70. The normalized spacial score (nSPS) is 11.9. The smallest absolute Gasteiger partial charge is 0.306 e. The number of nitrogens with zero attached hydrogens (tertiary/aromatic N) is 1. The third-order valence-corrected chi connectivity index (χ3v) is 2.79. The van der Waals surface area contributed by atoms with Crippen LogP contribution in [0.3, 0.4) is 0 Å². The summed E-state index contributed by atoms with van der Waals surface area (Å²) < 4.78 is 10.4. The summed E-state index contributed by atoms with van der Waals surface area (Å²) >= 11 is 0. The molecule has 1 rings (SSSR count). The molecule has 1 heterocycles. The lowest BCUT2D eigenvalue weighted by atomic mass is 9.97. The molecule has 1 aromatic rings. The van der Waals surface area contributed by atoms with E-state index in [0.29, 0.717) is 30.0 Å². The van der Waals surface area contributed by atoms with Crippen LogP contribution in [-0.4, -0.2) is 30.3 Å². The quantitative estimate of drug-likeness (QED) is 0.806. The van der Waals surface area contributed by atoms with E-state index in [9.17, 15) is 4.79 Å². The Morgan fingerprint density at radius 1 is 1.44 bits per heavy atom. The lowest BCUT2D eigenvalue weighted by Gasteiger charge is -2.15. The van der Waals surface area contributed by atoms with E-state index in [2.05, 4.69) is 4.98 Å². The maximum atomic E-state index is 11.1. The molecule has 100 valence electrons. The molecule has 1 aromatic heterocycles. The van der Waals surface area contributed by atoms with Gasteiger partial charge < -0.3 is 14.6 Å². The second kappa shape index (κ2) is 6.83. The summed E-state index contributed by atoms with van der Waals surface area (Å²) in [5.41, 5.74) is 0.623. The predicted molar refractivity (Wildman–Crippen MR) is 67.1 cm³/mol. The number of rotatable bonds is 7. The third kappa shape index (κ3) is 3.35. The maximum absolute atomic E-state index is 11.1. The molecule has 0 aliphatic carbocycles. The monoisotopic (exact) mass is 253 g/mol. The van der Waals surface area contributed by atoms with Crippen molar-refractivity contribution in [2.24, 2.45) is 5.92 Å². The second-order valence-electron chi connectivity index (χ2n) is 4.02. The number of ether oxygens (including phenoxy) is 2. The molecular formula is C13H19NO4. The minimum Gasteiger partial charge on any atom is -0.493 e. The van der Waals surface area contributed by atoms with Crippen LogP contribution in [-0.2, 0) is 11.2 Å². The van der Waals surface area contributed by atoms with E-state index in [0.717, 1.165) is 6.42 Å². The van der Waals surface area contributed by atoms with Gasteiger partial charge in [0, 0.05) is 18.7 Å². The number of carboxylic acid groups (broad SMARTS) is 1. The number of hydrogen-bond acceptors (Lipinski definition) is 4. The molecule has 0 radical (unpaired) electrons. The molecule has 0 aliphatic heterocycles. The summed E-state index contributed by atoms with van der Waals surface area (Å²) in [5.74, 6) is -0.155. The van der Waals surface area contributed by atoms with Gasteiger partial charge in [0.15, 0.2) is 11.5 Å². The van der Waals surface area contributed by atoms with Gasteiger partial charge in [-0.2, -0.15) is 0 Å². The van der Waals surface area contributed by atoms with Crippen molar-refractivity contribution in [2.75, 3.05) is 14.2 Å². The predicted octanol–water partition coefficient (Wildman–Crippen LogP) is 2.14. The van der Waals surface area contributed by atoms with Gasteiger partial charge in [-0.15, -0.1) is 0 Å². The molecular weight excluding hydrogens is 234 g/mol. The van der Waals surface area contributed by atoms with Crippen molar-refractivity contribution in [3.63, 3.8) is 0 Å². The number of hydrogen-bond donors (Lipinski definition) is 1. The Morgan fingerprint density at radius 2 is 2.17 bits per heavy atom. The minimum absolute atomic E-state index is 0.351. The zero-order chi connectivity index (χ0) is 13.5. The Hall–Kier alpha value is -1.78. The summed E-state index contributed by atoms with van der Waals surface area (Å²) in [4.78, 5) is 15.3. The first-order valence-electron chi connectivity index (χ1n) is 5.92. The number of methoxy groups -OCH3 is 2. The van der Waals surface area contributed by atoms with Crippen LogP contribution < -0.4 is 9.47 Å². The standard InChI is InChI=1S/C13H19NO4/c1-4-5-9(13(15)16)8-10-12(18-3)11(17-2)6-7-14-10/h6-7,9H,4-5,8H2,1-3H3,(H,15,16). The average Bonchev–Trinajstić information content (AvgIpc) is 2.37. The van der Waals surface area contributed by atoms with Gasteiger partial charge in [0.25, 0.3) is 0 Å². The van der Waals surface area contributed by atoms with E-state index in [4.69, 9.17) is 14.6 Å². The van der Waals surface area contributed by atoms with E-state index in [-0.39, 0.29) is 0 Å². The fourth-order valence-electron chi connectivity index (χ4n) is 1.89. The number of carbonyl (C=O) groups is 1. The Labute approximate surface area is 107 Å². The molecule has 0 bridgehead atoms. The molecule has 1 atom stereocenters. The van der Waals surface area contributed by atoms with E-state index in [1.54, 1.807) is 19.4 Å². The van der Waals surface area contributed by atoms with Crippen molar-refractivity contribution in [3.8, 4) is 11.5 Å². The fourth-order valence-corrected chi connectivity index (χ4v) is 1.89. The molecule has 0 amide bonds. The molecule has 1 unspecified atom stereocenters. The van der Waals surface area contributed by atoms with Crippen molar-refractivity contribution in [1.29, 1.82) is 0 Å². The van der Waals surface area contributed by atoms with Crippen LogP contribution in [0.25, 0.3) is 0 Å². The van der Waals surface area contributed by atoms with Crippen LogP contribution in [0, 0.1) is 5.92 Å². The molecule has 0 saturated heterocycles. The molecule has 5 heteroatoms. The van der Waals surface area contributed by atoms with Crippen molar-refractivity contribution in [1.82, 2.24) is 4.98 Å². The van der Waals surface area contributed by atoms with Crippen molar-refractivity contribution in [2.45, 2.75) is 26.2 Å². The van der Waals surface area contributed by atoms with E-state index < -0.39 is 11.9 Å². The number of aromatic nitrogens is 1. The molecule has 18 heavy (non-hydrogen) atoms. The second-order valence-corrected chi connectivity index (χ2v) is 4.02. The number of pyridine rings is 1. The highest BCUT2D eigenvalue weighted by atomic mass is 16.5. The minimum atomic E-state index is -0.802. The first-order valence-corrected chi connectivity index (χ1v) is 5.92. The maximum Gasteiger partial charge on any atom is 0.306 e. The van der Waals surface area contributed by atoms with Gasteiger partial charge in [-0.25, -0.2) is 0 Å².